The molecule has 1 aliphatic rings. The summed E-state index contributed by atoms with van der Waals surface area (Å²) in [4.78, 5) is 14.6. The van der Waals surface area contributed by atoms with Crippen molar-refractivity contribution >= 4 is 34.1 Å². The van der Waals surface area contributed by atoms with Gasteiger partial charge in [-0.3, -0.25) is 4.79 Å². The lowest BCUT2D eigenvalue weighted by atomic mass is 10.2. The van der Waals surface area contributed by atoms with Crippen molar-refractivity contribution in [3.8, 4) is 0 Å². The van der Waals surface area contributed by atoms with Gasteiger partial charge >= 0.3 is 0 Å². The molecule has 0 bridgehead atoms. The van der Waals surface area contributed by atoms with Crippen LogP contribution < -0.4 is 5.32 Å². The fourth-order valence-corrected chi connectivity index (χ4v) is 4.83. The predicted octanol–water partition coefficient (Wildman–Crippen LogP) is 4.17. The lowest BCUT2D eigenvalue weighted by Crippen LogP contribution is -2.37. The molecule has 3 rings (SSSR count). The van der Waals surface area contributed by atoms with Crippen LogP contribution in [0.1, 0.15) is 38.2 Å². The number of benzene rings is 1. The topological polar surface area (TPSA) is 58.1 Å². The predicted molar refractivity (Wildman–Crippen MR) is 104 cm³/mol. The zero-order valence-electron chi connectivity index (χ0n) is 14.8. The van der Waals surface area contributed by atoms with E-state index in [1.165, 1.54) is 48.1 Å². The number of carbonyl (C=O) groups is 1. The van der Waals surface area contributed by atoms with Gasteiger partial charge in [0.1, 0.15) is 5.82 Å². The molecule has 1 aliphatic heterocycles. The number of halogens is 1. The van der Waals surface area contributed by atoms with Gasteiger partial charge in [0.2, 0.25) is 11.0 Å². The van der Waals surface area contributed by atoms with Crippen LogP contribution in [0.5, 0.6) is 0 Å². The third-order valence-corrected chi connectivity index (χ3v) is 6.36. The molecule has 140 valence electrons. The van der Waals surface area contributed by atoms with Crippen molar-refractivity contribution in [2.24, 2.45) is 0 Å². The van der Waals surface area contributed by atoms with E-state index in [1.54, 1.807) is 12.1 Å². The summed E-state index contributed by atoms with van der Waals surface area (Å²) in [7, 11) is 0. The number of rotatable bonds is 6. The molecule has 2 heterocycles. The van der Waals surface area contributed by atoms with Gasteiger partial charge in [0, 0.05) is 19.6 Å². The van der Waals surface area contributed by atoms with Crippen LogP contribution in [0.15, 0.2) is 28.6 Å². The van der Waals surface area contributed by atoms with E-state index < -0.39 is 0 Å². The number of thioether (sulfide) groups is 1. The Morgan fingerprint density at radius 1 is 1.23 bits per heavy atom. The SMILES string of the molecule is CC(Sc1nnc(NCc2ccc(F)cc2)s1)C(=O)N1CCCCCC1. The zero-order valence-corrected chi connectivity index (χ0v) is 16.4. The number of nitrogens with one attached hydrogen (secondary N) is 1. The highest BCUT2D eigenvalue weighted by atomic mass is 32.2. The minimum absolute atomic E-state index is 0.161. The summed E-state index contributed by atoms with van der Waals surface area (Å²) in [6, 6.07) is 6.35. The Labute approximate surface area is 161 Å². The van der Waals surface area contributed by atoms with E-state index in [1.807, 2.05) is 11.8 Å². The zero-order chi connectivity index (χ0) is 18.4. The van der Waals surface area contributed by atoms with Crippen molar-refractivity contribution in [3.63, 3.8) is 0 Å². The van der Waals surface area contributed by atoms with Crippen molar-refractivity contribution in [1.82, 2.24) is 15.1 Å². The van der Waals surface area contributed by atoms with Gasteiger partial charge in [-0.15, -0.1) is 10.2 Å². The minimum Gasteiger partial charge on any atom is -0.356 e. The molecule has 0 saturated carbocycles. The van der Waals surface area contributed by atoms with E-state index in [9.17, 15) is 9.18 Å². The third-order valence-electron chi connectivity index (χ3n) is 4.31. The maximum atomic E-state index is 12.9. The Bertz CT molecular complexity index is 714. The summed E-state index contributed by atoms with van der Waals surface area (Å²) < 4.78 is 13.7. The molecule has 1 amide bonds. The number of amides is 1. The van der Waals surface area contributed by atoms with E-state index in [0.717, 1.165) is 35.8 Å². The smallest absolute Gasteiger partial charge is 0.235 e. The molecule has 1 N–H and O–H groups in total. The van der Waals surface area contributed by atoms with Gasteiger partial charge in [0.25, 0.3) is 0 Å². The molecule has 1 fully saturated rings. The third kappa shape index (κ3) is 5.41. The largest absolute Gasteiger partial charge is 0.356 e. The Balaban J connectivity index is 1.50. The maximum absolute atomic E-state index is 12.9. The minimum atomic E-state index is -0.244. The van der Waals surface area contributed by atoms with Crippen molar-refractivity contribution < 1.29 is 9.18 Å². The first-order valence-corrected chi connectivity index (χ1v) is 10.6. The van der Waals surface area contributed by atoms with E-state index in [0.29, 0.717) is 11.7 Å². The standard InChI is InChI=1S/C18H23FN4OS2/c1-13(16(24)23-10-4-2-3-5-11-23)25-18-22-21-17(26-18)20-12-14-6-8-15(19)9-7-14/h6-9,13H,2-5,10-12H2,1H3,(H,20,21). The van der Waals surface area contributed by atoms with Gasteiger partial charge in [0.15, 0.2) is 4.34 Å². The normalized spacial score (nSPS) is 16.2. The number of carbonyl (C=O) groups excluding carboxylic acids is 1. The van der Waals surface area contributed by atoms with Gasteiger partial charge in [0.05, 0.1) is 5.25 Å². The van der Waals surface area contributed by atoms with Gasteiger partial charge in [-0.2, -0.15) is 0 Å². The van der Waals surface area contributed by atoms with Crippen molar-refractivity contribution in [1.29, 1.82) is 0 Å². The molecule has 1 atom stereocenters. The molecule has 26 heavy (non-hydrogen) atoms. The van der Waals surface area contributed by atoms with E-state index in [2.05, 4.69) is 15.5 Å². The summed E-state index contributed by atoms with van der Waals surface area (Å²) in [6.45, 7) is 4.22. The van der Waals surface area contributed by atoms with Crippen molar-refractivity contribution in [2.75, 3.05) is 18.4 Å². The van der Waals surface area contributed by atoms with Crippen LogP contribution in [-0.2, 0) is 11.3 Å². The van der Waals surface area contributed by atoms with Crippen LogP contribution in [0, 0.1) is 5.82 Å². The van der Waals surface area contributed by atoms with Crippen LogP contribution in [-0.4, -0.2) is 39.3 Å². The Morgan fingerprint density at radius 3 is 2.62 bits per heavy atom. The highest BCUT2D eigenvalue weighted by molar-refractivity contribution is 8.02. The summed E-state index contributed by atoms with van der Waals surface area (Å²) in [6.07, 6.45) is 4.62. The molecular formula is C18H23FN4OS2. The average Bonchev–Trinajstić information content (AvgIpc) is 2.91. The van der Waals surface area contributed by atoms with E-state index in [-0.39, 0.29) is 17.0 Å². The van der Waals surface area contributed by atoms with Crippen LogP contribution in [0.2, 0.25) is 0 Å². The summed E-state index contributed by atoms with van der Waals surface area (Å²) >= 11 is 2.90. The molecular weight excluding hydrogens is 371 g/mol. The summed E-state index contributed by atoms with van der Waals surface area (Å²) in [5.74, 6) is -0.0562. The van der Waals surface area contributed by atoms with Crippen molar-refractivity contribution in [2.45, 2.75) is 48.7 Å². The van der Waals surface area contributed by atoms with Crippen LogP contribution in [0.25, 0.3) is 0 Å². The number of hydrogen-bond acceptors (Lipinski definition) is 6. The first-order valence-electron chi connectivity index (χ1n) is 8.89. The molecule has 0 aliphatic carbocycles. The first kappa shape index (κ1) is 19.1. The monoisotopic (exact) mass is 394 g/mol. The van der Waals surface area contributed by atoms with E-state index >= 15 is 0 Å². The maximum Gasteiger partial charge on any atom is 0.235 e. The van der Waals surface area contributed by atoms with Crippen LogP contribution in [0.3, 0.4) is 0 Å². The lowest BCUT2D eigenvalue weighted by Gasteiger charge is -2.23. The van der Waals surface area contributed by atoms with Gasteiger partial charge in [-0.25, -0.2) is 4.39 Å². The van der Waals surface area contributed by atoms with Crippen LogP contribution in [0.4, 0.5) is 9.52 Å². The number of likely N-dealkylation sites (tertiary alicyclic amines) is 1. The van der Waals surface area contributed by atoms with Gasteiger partial charge in [-0.05, 0) is 37.5 Å². The molecule has 1 aromatic carbocycles. The second kappa shape index (κ2) is 9.32. The number of aromatic nitrogens is 2. The average molecular weight is 395 g/mol. The molecule has 1 aromatic heterocycles. The fourth-order valence-electron chi connectivity index (χ4n) is 2.86. The summed E-state index contributed by atoms with van der Waals surface area (Å²) in [5.41, 5.74) is 0.973. The van der Waals surface area contributed by atoms with Gasteiger partial charge in [-0.1, -0.05) is 48.1 Å². The fraction of sp³-hybridized carbons (Fsp3) is 0.500. The lowest BCUT2D eigenvalue weighted by molar-refractivity contribution is -0.130. The van der Waals surface area contributed by atoms with Gasteiger partial charge < -0.3 is 10.2 Å². The number of hydrogen-bond donors (Lipinski definition) is 1. The van der Waals surface area contributed by atoms with Crippen LogP contribution >= 0.6 is 23.1 Å². The molecule has 2 aromatic rings. The quantitative estimate of drug-likeness (QED) is 0.745. The first-order chi connectivity index (χ1) is 12.6. The Hall–Kier alpha value is -1.67. The molecule has 0 spiro atoms. The molecule has 5 nitrogen and oxygen atoms in total. The Morgan fingerprint density at radius 2 is 1.92 bits per heavy atom. The molecule has 8 heteroatoms. The Kier molecular flexibility index (Phi) is 6.85. The molecule has 0 radical (unpaired) electrons. The second-order valence-electron chi connectivity index (χ2n) is 6.35. The van der Waals surface area contributed by atoms with E-state index in [4.69, 9.17) is 0 Å². The van der Waals surface area contributed by atoms with Crippen molar-refractivity contribution in [3.05, 3.63) is 35.6 Å². The molecule has 1 unspecified atom stereocenters. The molecule has 1 saturated heterocycles. The highest BCUT2D eigenvalue weighted by Crippen LogP contribution is 2.30. The second-order valence-corrected chi connectivity index (χ2v) is 8.92. The highest BCUT2D eigenvalue weighted by Gasteiger charge is 2.23. The number of nitrogens with zero attached hydrogens (tertiary/aromatic N) is 3. The summed E-state index contributed by atoms with van der Waals surface area (Å²) in [5, 5.41) is 12.0. The number of anilines is 1.